The number of carbonyl (C=O) groups is 1. The van der Waals surface area contributed by atoms with Gasteiger partial charge in [0.1, 0.15) is 11.9 Å². The van der Waals surface area contributed by atoms with E-state index in [1.807, 2.05) is 11.0 Å². The van der Waals surface area contributed by atoms with E-state index in [0.29, 0.717) is 38.3 Å². The monoisotopic (exact) mass is 277 g/mol. The van der Waals surface area contributed by atoms with Crippen LogP contribution in [-0.4, -0.2) is 53.6 Å². The van der Waals surface area contributed by atoms with E-state index in [4.69, 9.17) is 10.4 Å². The molecule has 1 N–H and O–H groups in total. The molecule has 1 aliphatic rings. The van der Waals surface area contributed by atoms with Crippen LogP contribution in [0.3, 0.4) is 0 Å². The zero-order valence-corrected chi connectivity index (χ0v) is 11.0. The molecule has 1 aromatic rings. The molecule has 20 heavy (non-hydrogen) atoms. The summed E-state index contributed by atoms with van der Waals surface area (Å²) < 4.78 is 13.9. The van der Waals surface area contributed by atoms with Gasteiger partial charge in [-0.2, -0.15) is 5.26 Å². The number of nitriles is 1. The average Bonchev–Trinajstić information content (AvgIpc) is 2.43. The van der Waals surface area contributed by atoms with Crippen molar-refractivity contribution in [3.05, 3.63) is 35.1 Å². The van der Waals surface area contributed by atoms with Crippen molar-refractivity contribution in [1.29, 1.82) is 5.26 Å². The van der Waals surface area contributed by atoms with Gasteiger partial charge in [0.05, 0.1) is 12.1 Å². The molecule has 1 fully saturated rings. The topological polar surface area (TPSA) is 67.6 Å². The van der Waals surface area contributed by atoms with Crippen molar-refractivity contribution in [1.82, 2.24) is 9.80 Å². The summed E-state index contributed by atoms with van der Waals surface area (Å²) >= 11 is 0. The minimum absolute atomic E-state index is 0.0477. The van der Waals surface area contributed by atoms with Crippen LogP contribution in [0.4, 0.5) is 4.39 Å². The maximum absolute atomic E-state index is 13.9. The molecular weight excluding hydrogens is 261 g/mol. The second-order valence-corrected chi connectivity index (χ2v) is 4.84. The molecule has 1 saturated heterocycles. The molecule has 0 aromatic heterocycles. The highest BCUT2D eigenvalue weighted by atomic mass is 19.1. The third-order valence-electron chi connectivity index (χ3n) is 3.42. The first-order chi connectivity index (χ1) is 9.60. The Morgan fingerprint density at radius 2 is 1.95 bits per heavy atom. The molecule has 0 bridgehead atoms. The molecular formula is C14H16FN3O2. The number of carboxylic acid groups (broad SMARTS) is 1. The Morgan fingerprint density at radius 1 is 1.30 bits per heavy atom. The number of nitrogens with zero attached hydrogens (tertiary/aromatic N) is 3. The van der Waals surface area contributed by atoms with Crippen molar-refractivity contribution >= 4 is 5.97 Å². The molecule has 6 heteroatoms. The lowest BCUT2D eigenvalue weighted by Crippen LogP contribution is -2.47. The molecule has 0 amide bonds. The number of aliphatic carboxylic acids is 1. The van der Waals surface area contributed by atoms with Crippen molar-refractivity contribution in [3.8, 4) is 6.07 Å². The van der Waals surface area contributed by atoms with Crippen LogP contribution in [0.25, 0.3) is 0 Å². The van der Waals surface area contributed by atoms with Gasteiger partial charge in [0.2, 0.25) is 0 Å². The predicted molar refractivity (Wildman–Crippen MR) is 70.5 cm³/mol. The fraction of sp³-hybridized carbons (Fsp3) is 0.429. The molecule has 2 rings (SSSR count). The van der Waals surface area contributed by atoms with Crippen molar-refractivity contribution in [2.24, 2.45) is 0 Å². The van der Waals surface area contributed by atoms with Gasteiger partial charge in [-0.25, -0.2) is 4.39 Å². The van der Waals surface area contributed by atoms with Gasteiger partial charge in [-0.05, 0) is 6.07 Å². The molecule has 1 heterocycles. The van der Waals surface area contributed by atoms with Crippen molar-refractivity contribution in [2.75, 3.05) is 32.7 Å². The first-order valence-electron chi connectivity index (χ1n) is 6.44. The summed E-state index contributed by atoms with van der Waals surface area (Å²) in [6.45, 7) is 3.21. The molecule has 0 saturated carbocycles. The molecule has 0 atom stereocenters. The van der Waals surface area contributed by atoms with Gasteiger partial charge in [0.15, 0.2) is 0 Å². The van der Waals surface area contributed by atoms with E-state index in [1.54, 1.807) is 12.1 Å². The quantitative estimate of drug-likeness (QED) is 0.885. The van der Waals surface area contributed by atoms with Crippen LogP contribution < -0.4 is 0 Å². The fourth-order valence-corrected chi connectivity index (χ4v) is 2.33. The third-order valence-corrected chi connectivity index (χ3v) is 3.42. The minimum atomic E-state index is -0.828. The van der Waals surface area contributed by atoms with Crippen molar-refractivity contribution < 1.29 is 14.3 Å². The minimum Gasteiger partial charge on any atom is -0.480 e. The zero-order valence-electron chi connectivity index (χ0n) is 11.0. The second-order valence-electron chi connectivity index (χ2n) is 4.84. The third kappa shape index (κ3) is 3.53. The summed E-state index contributed by atoms with van der Waals surface area (Å²) in [6, 6.07) is 6.66. The van der Waals surface area contributed by atoms with E-state index in [9.17, 15) is 9.18 Å². The van der Waals surface area contributed by atoms with Crippen molar-refractivity contribution in [2.45, 2.75) is 6.54 Å². The number of halogens is 1. The number of hydrogen-bond acceptors (Lipinski definition) is 4. The van der Waals surface area contributed by atoms with Crippen LogP contribution in [0.15, 0.2) is 18.2 Å². The molecule has 0 spiro atoms. The van der Waals surface area contributed by atoms with Crippen molar-refractivity contribution in [3.63, 3.8) is 0 Å². The normalized spacial score (nSPS) is 16.8. The van der Waals surface area contributed by atoms with Gasteiger partial charge in [-0.15, -0.1) is 0 Å². The number of benzene rings is 1. The van der Waals surface area contributed by atoms with E-state index < -0.39 is 11.8 Å². The summed E-state index contributed by atoms with van der Waals surface area (Å²) in [6.07, 6.45) is 0. The van der Waals surface area contributed by atoms with Crippen LogP contribution in [0.2, 0.25) is 0 Å². The Bertz CT molecular complexity index is 534. The lowest BCUT2D eigenvalue weighted by molar-refractivity contribution is -0.138. The highest BCUT2D eigenvalue weighted by Gasteiger charge is 2.20. The van der Waals surface area contributed by atoms with Gasteiger partial charge in [0, 0.05) is 38.3 Å². The summed E-state index contributed by atoms with van der Waals surface area (Å²) in [5.41, 5.74) is 0.572. The zero-order chi connectivity index (χ0) is 14.5. The second kappa shape index (κ2) is 6.46. The Kier molecular flexibility index (Phi) is 4.66. The predicted octanol–water partition coefficient (Wildman–Crippen LogP) is 0.900. The fourth-order valence-electron chi connectivity index (χ4n) is 2.33. The lowest BCUT2D eigenvalue weighted by Gasteiger charge is -2.33. The Balaban J connectivity index is 1.93. The number of carboxylic acids is 1. The largest absolute Gasteiger partial charge is 0.480 e. The van der Waals surface area contributed by atoms with Crippen LogP contribution in [0, 0.1) is 17.1 Å². The molecule has 0 aliphatic carbocycles. The van der Waals surface area contributed by atoms with E-state index in [2.05, 4.69) is 4.90 Å². The van der Waals surface area contributed by atoms with Gasteiger partial charge in [0.25, 0.3) is 0 Å². The van der Waals surface area contributed by atoms with E-state index >= 15 is 0 Å². The molecule has 0 unspecified atom stereocenters. The standard InChI is InChI=1S/C14H16FN3O2/c15-14-11(8-16)2-1-3-12(14)9-17-4-6-18(7-5-17)10-13(19)20/h1-3H,4-7,9-10H2,(H,19,20). The Hall–Kier alpha value is -1.97. The van der Waals surface area contributed by atoms with Crippen LogP contribution in [0.5, 0.6) is 0 Å². The highest BCUT2D eigenvalue weighted by molar-refractivity contribution is 5.69. The summed E-state index contributed by atoms with van der Waals surface area (Å²) in [5.74, 6) is -1.28. The summed E-state index contributed by atoms with van der Waals surface area (Å²) in [7, 11) is 0. The van der Waals surface area contributed by atoms with Crippen LogP contribution in [0.1, 0.15) is 11.1 Å². The number of piperazine rings is 1. The smallest absolute Gasteiger partial charge is 0.317 e. The van der Waals surface area contributed by atoms with E-state index in [1.165, 1.54) is 6.07 Å². The molecule has 1 aliphatic heterocycles. The molecule has 0 radical (unpaired) electrons. The molecule has 106 valence electrons. The number of rotatable bonds is 4. The molecule has 5 nitrogen and oxygen atoms in total. The van der Waals surface area contributed by atoms with Gasteiger partial charge < -0.3 is 5.11 Å². The highest BCUT2D eigenvalue weighted by Crippen LogP contribution is 2.15. The van der Waals surface area contributed by atoms with Gasteiger partial charge >= 0.3 is 5.97 Å². The Labute approximate surface area is 116 Å². The molecule has 1 aromatic carbocycles. The van der Waals surface area contributed by atoms with E-state index in [-0.39, 0.29) is 12.1 Å². The average molecular weight is 277 g/mol. The maximum atomic E-state index is 13.9. The first kappa shape index (κ1) is 14.4. The summed E-state index contributed by atoms with van der Waals surface area (Å²) in [5, 5.41) is 17.5. The first-order valence-corrected chi connectivity index (χ1v) is 6.44. The van der Waals surface area contributed by atoms with Gasteiger partial charge in [-0.1, -0.05) is 12.1 Å². The summed E-state index contributed by atoms with van der Waals surface area (Å²) in [4.78, 5) is 14.5. The van der Waals surface area contributed by atoms with E-state index in [0.717, 1.165) is 0 Å². The maximum Gasteiger partial charge on any atom is 0.317 e. The number of hydrogen-bond donors (Lipinski definition) is 1. The Morgan fingerprint density at radius 3 is 2.55 bits per heavy atom. The SMILES string of the molecule is N#Cc1cccc(CN2CCN(CC(=O)O)CC2)c1F. The van der Waals surface area contributed by atoms with Crippen LogP contribution >= 0.6 is 0 Å². The van der Waals surface area contributed by atoms with Crippen LogP contribution in [-0.2, 0) is 11.3 Å². The van der Waals surface area contributed by atoms with Gasteiger partial charge in [-0.3, -0.25) is 14.6 Å². The lowest BCUT2D eigenvalue weighted by atomic mass is 10.1.